The van der Waals surface area contributed by atoms with Gasteiger partial charge in [-0.2, -0.15) is 0 Å². The zero-order valence-electron chi connectivity index (χ0n) is 22.1. The lowest BCUT2D eigenvalue weighted by Gasteiger charge is -2.34. The largest absolute Gasteiger partial charge is 0.461 e. The molecule has 4 rings (SSSR count). The van der Waals surface area contributed by atoms with Crippen LogP contribution in [0.25, 0.3) is 10.8 Å². The number of alkyl carbamates (subject to hydrolysis) is 1. The van der Waals surface area contributed by atoms with E-state index in [1.807, 2.05) is 63.2 Å². The number of esters is 1. The lowest BCUT2D eigenvalue weighted by Crippen LogP contribution is -2.47. The van der Waals surface area contributed by atoms with Crippen LogP contribution in [0.4, 0.5) is 4.79 Å². The van der Waals surface area contributed by atoms with Crippen LogP contribution < -0.4 is 5.32 Å². The summed E-state index contributed by atoms with van der Waals surface area (Å²) < 4.78 is 11.2. The average molecular weight is 503 g/mol. The van der Waals surface area contributed by atoms with Crippen LogP contribution in [0.3, 0.4) is 0 Å². The van der Waals surface area contributed by atoms with Gasteiger partial charge in [0.05, 0.1) is 5.92 Å². The molecule has 37 heavy (non-hydrogen) atoms. The van der Waals surface area contributed by atoms with Crippen molar-refractivity contribution in [1.82, 2.24) is 10.2 Å². The number of amides is 1. The highest BCUT2D eigenvalue weighted by Gasteiger charge is 2.28. The van der Waals surface area contributed by atoms with Gasteiger partial charge >= 0.3 is 12.1 Å². The summed E-state index contributed by atoms with van der Waals surface area (Å²) in [6, 6.07) is 24.4. The zero-order valence-corrected chi connectivity index (χ0v) is 22.1. The fraction of sp³-hybridized carbons (Fsp3) is 0.419. The number of hydrogen-bond acceptors (Lipinski definition) is 5. The third kappa shape index (κ3) is 8.05. The van der Waals surface area contributed by atoms with Gasteiger partial charge in [-0.3, -0.25) is 4.79 Å². The molecule has 1 N–H and O–H groups in total. The van der Waals surface area contributed by atoms with E-state index in [0.717, 1.165) is 37.1 Å². The van der Waals surface area contributed by atoms with E-state index < -0.39 is 5.60 Å². The molecule has 1 aliphatic rings. The highest BCUT2D eigenvalue weighted by molar-refractivity contribution is 5.86. The van der Waals surface area contributed by atoms with E-state index in [0.29, 0.717) is 13.0 Å². The summed E-state index contributed by atoms with van der Waals surface area (Å²) in [6.45, 7) is 8.09. The number of benzene rings is 3. The molecule has 1 amide bonds. The Kier molecular flexibility index (Phi) is 8.82. The first-order valence-corrected chi connectivity index (χ1v) is 13.2. The predicted octanol–water partition coefficient (Wildman–Crippen LogP) is 5.73. The molecule has 3 aromatic carbocycles. The molecule has 1 fully saturated rings. The Morgan fingerprint density at radius 3 is 2.35 bits per heavy atom. The van der Waals surface area contributed by atoms with Crippen LogP contribution in [0.5, 0.6) is 0 Å². The molecule has 6 heteroatoms. The van der Waals surface area contributed by atoms with E-state index in [4.69, 9.17) is 9.47 Å². The van der Waals surface area contributed by atoms with Gasteiger partial charge < -0.3 is 19.7 Å². The van der Waals surface area contributed by atoms with Crippen LogP contribution in [0.15, 0.2) is 72.8 Å². The number of nitrogens with zero attached hydrogens (tertiary/aromatic N) is 1. The summed E-state index contributed by atoms with van der Waals surface area (Å²) in [5.41, 5.74) is 1.62. The molecule has 1 aliphatic heterocycles. The molecular formula is C31H38N2O4. The van der Waals surface area contributed by atoms with Gasteiger partial charge in [-0.05, 0) is 61.9 Å². The van der Waals surface area contributed by atoms with E-state index in [2.05, 4.69) is 40.5 Å². The number of likely N-dealkylation sites (tertiary alicyclic amines) is 1. The summed E-state index contributed by atoms with van der Waals surface area (Å²) in [7, 11) is 0. The molecule has 0 saturated carbocycles. The molecule has 0 unspecified atom stereocenters. The molecule has 0 radical (unpaired) electrons. The zero-order chi connectivity index (χ0) is 26.3. The van der Waals surface area contributed by atoms with E-state index in [1.54, 1.807) is 0 Å². The van der Waals surface area contributed by atoms with Crippen LogP contribution >= 0.6 is 0 Å². The second kappa shape index (κ2) is 12.2. The minimum atomic E-state index is -0.514. The average Bonchev–Trinajstić information content (AvgIpc) is 2.87. The summed E-state index contributed by atoms with van der Waals surface area (Å²) >= 11 is 0. The standard InChI is InChI=1S/C31H38N2O4/c1-31(2,3)37-30(35)32-27-16-18-33(19-17-27)21-26(29(34)36-22-23-10-5-4-6-11-23)20-25-14-9-13-24-12-7-8-15-28(24)25/h4-15,26-27H,16-22H2,1-3H3,(H,32,35)/t26-/m1/s1. The Morgan fingerprint density at radius 1 is 0.946 bits per heavy atom. The highest BCUT2D eigenvalue weighted by atomic mass is 16.6. The van der Waals surface area contributed by atoms with Crippen molar-refractivity contribution in [2.24, 2.45) is 5.92 Å². The quantitative estimate of drug-likeness (QED) is 0.399. The monoisotopic (exact) mass is 502 g/mol. The van der Waals surface area contributed by atoms with Crippen molar-refractivity contribution < 1.29 is 19.1 Å². The van der Waals surface area contributed by atoms with E-state index in [-0.39, 0.29) is 30.6 Å². The maximum absolute atomic E-state index is 13.4. The second-order valence-corrected chi connectivity index (χ2v) is 10.9. The maximum Gasteiger partial charge on any atom is 0.407 e. The second-order valence-electron chi connectivity index (χ2n) is 10.9. The minimum Gasteiger partial charge on any atom is -0.461 e. The molecule has 0 spiro atoms. The van der Waals surface area contributed by atoms with Gasteiger partial charge in [0.2, 0.25) is 0 Å². The number of carbonyl (C=O) groups is 2. The summed E-state index contributed by atoms with van der Waals surface area (Å²) in [5.74, 6) is -0.462. The maximum atomic E-state index is 13.4. The molecule has 196 valence electrons. The fourth-order valence-corrected chi connectivity index (χ4v) is 4.85. The minimum absolute atomic E-state index is 0.0765. The summed E-state index contributed by atoms with van der Waals surface area (Å²) in [5, 5.41) is 5.34. The lowest BCUT2D eigenvalue weighted by atomic mass is 9.93. The number of nitrogens with one attached hydrogen (secondary N) is 1. The molecule has 3 aromatic rings. The molecule has 0 aromatic heterocycles. The first kappa shape index (κ1) is 26.7. The number of fused-ring (bicyclic) bond motifs is 1. The Bertz CT molecular complexity index is 1180. The first-order valence-electron chi connectivity index (χ1n) is 13.2. The third-order valence-electron chi connectivity index (χ3n) is 6.69. The summed E-state index contributed by atoms with van der Waals surface area (Å²) in [6.07, 6.45) is 1.88. The van der Waals surface area contributed by atoms with Gasteiger partial charge in [0.1, 0.15) is 12.2 Å². The van der Waals surface area contributed by atoms with Crippen molar-refractivity contribution in [3.63, 3.8) is 0 Å². The van der Waals surface area contributed by atoms with Gasteiger partial charge in [0.25, 0.3) is 0 Å². The SMILES string of the molecule is CC(C)(C)OC(=O)NC1CCN(C[C@@H](Cc2cccc3ccccc23)C(=O)OCc2ccccc2)CC1. The molecule has 1 atom stereocenters. The van der Waals surface area contributed by atoms with E-state index in [1.165, 1.54) is 10.8 Å². The third-order valence-corrected chi connectivity index (χ3v) is 6.69. The van der Waals surface area contributed by atoms with E-state index in [9.17, 15) is 9.59 Å². The highest BCUT2D eigenvalue weighted by Crippen LogP contribution is 2.24. The molecule has 1 heterocycles. The first-order chi connectivity index (χ1) is 17.8. The smallest absolute Gasteiger partial charge is 0.407 e. The van der Waals surface area contributed by atoms with Gasteiger partial charge in [0.15, 0.2) is 0 Å². The topological polar surface area (TPSA) is 67.9 Å². The molecule has 6 nitrogen and oxygen atoms in total. The molecule has 0 bridgehead atoms. The van der Waals surface area contributed by atoms with Crippen molar-refractivity contribution in [3.05, 3.63) is 83.9 Å². The Labute approximate surface area is 219 Å². The Morgan fingerprint density at radius 2 is 1.62 bits per heavy atom. The Balaban J connectivity index is 1.41. The molecule has 0 aliphatic carbocycles. The van der Waals surface area contributed by atoms with Crippen LogP contribution in [0.1, 0.15) is 44.7 Å². The van der Waals surface area contributed by atoms with Crippen LogP contribution in [0, 0.1) is 5.92 Å². The van der Waals surface area contributed by atoms with Crippen molar-refractivity contribution in [2.45, 2.75) is 58.3 Å². The van der Waals surface area contributed by atoms with Gasteiger partial charge in [0, 0.05) is 25.7 Å². The van der Waals surface area contributed by atoms with Crippen molar-refractivity contribution in [3.8, 4) is 0 Å². The summed E-state index contributed by atoms with van der Waals surface area (Å²) in [4.78, 5) is 27.8. The van der Waals surface area contributed by atoms with Crippen molar-refractivity contribution in [1.29, 1.82) is 0 Å². The fourth-order valence-electron chi connectivity index (χ4n) is 4.85. The predicted molar refractivity (Wildman–Crippen MR) is 146 cm³/mol. The van der Waals surface area contributed by atoms with Gasteiger partial charge in [-0.25, -0.2) is 4.79 Å². The van der Waals surface area contributed by atoms with Crippen molar-refractivity contribution >= 4 is 22.8 Å². The lowest BCUT2D eigenvalue weighted by molar-refractivity contribution is -0.150. The van der Waals surface area contributed by atoms with E-state index >= 15 is 0 Å². The number of piperidine rings is 1. The van der Waals surface area contributed by atoms with Crippen LogP contribution in [-0.4, -0.2) is 48.2 Å². The number of ether oxygens (including phenoxy) is 2. The molecular weight excluding hydrogens is 464 g/mol. The Hall–Kier alpha value is -3.38. The van der Waals surface area contributed by atoms with Crippen LogP contribution in [0.2, 0.25) is 0 Å². The molecule has 1 saturated heterocycles. The van der Waals surface area contributed by atoms with Crippen molar-refractivity contribution in [2.75, 3.05) is 19.6 Å². The normalized spacial score (nSPS) is 15.8. The number of hydrogen-bond donors (Lipinski definition) is 1. The number of carbonyl (C=O) groups excluding carboxylic acids is 2. The van der Waals surface area contributed by atoms with Gasteiger partial charge in [-0.1, -0.05) is 72.8 Å². The van der Waals surface area contributed by atoms with Gasteiger partial charge in [-0.15, -0.1) is 0 Å². The number of rotatable bonds is 8. The van der Waals surface area contributed by atoms with Crippen LogP contribution in [-0.2, 0) is 27.3 Å².